The molecule has 0 spiro atoms. The molecule has 0 saturated heterocycles. The van der Waals surface area contributed by atoms with E-state index in [1.807, 2.05) is 6.07 Å². The number of nitrogens with zero attached hydrogens (tertiary/aromatic N) is 5. The van der Waals surface area contributed by atoms with Gasteiger partial charge in [-0.2, -0.15) is 5.10 Å². The SMILES string of the molecule is CNc1ncc(CN(C)C(=O)c2cc(CC(C)C)nn2C)cn1. The molecule has 2 aromatic heterocycles. The Bertz CT molecular complexity index is 662. The van der Waals surface area contributed by atoms with Crippen molar-refractivity contribution in [2.75, 3.05) is 19.4 Å². The zero-order valence-corrected chi connectivity index (χ0v) is 14.4. The minimum atomic E-state index is -0.0623. The van der Waals surface area contributed by atoms with E-state index < -0.39 is 0 Å². The van der Waals surface area contributed by atoms with E-state index in [1.54, 1.807) is 43.1 Å². The Hall–Kier alpha value is -2.44. The van der Waals surface area contributed by atoms with Crippen LogP contribution in [0.3, 0.4) is 0 Å². The average Bonchev–Trinajstić information content (AvgIpc) is 2.86. The number of rotatable bonds is 6. The lowest BCUT2D eigenvalue weighted by molar-refractivity contribution is 0.0774. The highest BCUT2D eigenvalue weighted by Gasteiger charge is 2.18. The van der Waals surface area contributed by atoms with Gasteiger partial charge in [0.25, 0.3) is 5.91 Å². The molecule has 0 fully saturated rings. The van der Waals surface area contributed by atoms with Crippen LogP contribution in [0.2, 0.25) is 0 Å². The van der Waals surface area contributed by atoms with Crippen LogP contribution in [-0.4, -0.2) is 44.7 Å². The third-order valence-electron chi connectivity index (χ3n) is 3.46. The van der Waals surface area contributed by atoms with Crippen LogP contribution >= 0.6 is 0 Å². The molecule has 0 aromatic carbocycles. The number of carbonyl (C=O) groups excluding carboxylic acids is 1. The predicted molar refractivity (Wildman–Crippen MR) is 89.1 cm³/mol. The van der Waals surface area contributed by atoms with Gasteiger partial charge in [-0.15, -0.1) is 0 Å². The van der Waals surface area contributed by atoms with Gasteiger partial charge >= 0.3 is 0 Å². The van der Waals surface area contributed by atoms with E-state index in [0.717, 1.165) is 17.7 Å². The van der Waals surface area contributed by atoms with Gasteiger partial charge in [-0.3, -0.25) is 9.48 Å². The van der Waals surface area contributed by atoms with E-state index in [2.05, 4.69) is 34.2 Å². The molecule has 0 radical (unpaired) electrons. The van der Waals surface area contributed by atoms with Gasteiger partial charge < -0.3 is 10.2 Å². The van der Waals surface area contributed by atoms with Crippen LogP contribution in [0.4, 0.5) is 5.95 Å². The number of nitrogens with one attached hydrogen (secondary N) is 1. The van der Waals surface area contributed by atoms with Crippen LogP contribution in [-0.2, 0) is 20.0 Å². The first-order valence-corrected chi connectivity index (χ1v) is 7.67. The molecule has 0 aliphatic rings. The molecule has 2 aromatic rings. The maximum atomic E-state index is 12.6. The third kappa shape index (κ3) is 4.28. The minimum Gasteiger partial charge on any atom is -0.357 e. The Morgan fingerprint density at radius 1 is 1.35 bits per heavy atom. The summed E-state index contributed by atoms with van der Waals surface area (Å²) in [6.07, 6.45) is 4.30. The summed E-state index contributed by atoms with van der Waals surface area (Å²) < 4.78 is 1.65. The Balaban J connectivity index is 2.08. The zero-order chi connectivity index (χ0) is 17.0. The van der Waals surface area contributed by atoms with Crippen LogP contribution < -0.4 is 5.32 Å². The normalized spacial score (nSPS) is 10.9. The zero-order valence-electron chi connectivity index (χ0n) is 14.4. The topological polar surface area (TPSA) is 75.9 Å². The summed E-state index contributed by atoms with van der Waals surface area (Å²) in [4.78, 5) is 22.6. The van der Waals surface area contributed by atoms with Crippen molar-refractivity contribution in [2.45, 2.75) is 26.8 Å². The summed E-state index contributed by atoms with van der Waals surface area (Å²) in [5.74, 6) is 1.01. The molecule has 0 aliphatic heterocycles. The number of carbonyl (C=O) groups is 1. The number of aryl methyl sites for hydroxylation is 1. The Morgan fingerprint density at radius 2 is 2.00 bits per heavy atom. The van der Waals surface area contributed by atoms with Crippen molar-refractivity contribution >= 4 is 11.9 Å². The molecule has 0 saturated carbocycles. The second kappa shape index (κ2) is 7.21. The molecule has 7 heteroatoms. The fourth-order valence-electron chi connectivity index (χ4n) is 2.35. The summed E-state index contributed by atoms with van der Waals surface area (Å²) in [5.41, 5.74) is 2.42. The average molecular weight is 316 g/mol. The molecule has 124 valence electrons. The first kappa shape index (κ1) is 16.9. The van der Waals surface area contributed by atoms with Crippen molar-refractivity contribution in [1.29, 1.82) is 0 Å². The summed E-state index contributed by atoms with van der Waals surface area (Å²) in [6.45, 7) is 4.72. The van der Waals surface area contributed by atoms with Crippen molar-refractivity contribution < 1.29 is 4.79 Å². The number of hydrogen-bond acceptors (Lipinski definition) is 5. The Morgan fingerprint density at radius 3 is 2.57 bits per heavy atom. The van der Waals surface area contributed by atoms with Crippen LogP contribution in [0.1, 0.15) is 35.6 Å². The highest BCUT2D eigenvalue weighted by Crippen LogP contribution is 2.12. The first-order chi connectivity index (χ1) is 10.9. The monoisotopic (exact) mass is 316 g/mol. The lowest BCUT2D eigenvalue weighted by Crippen LogP contribution is -2.28. The molecule has 0 atom stereocenters. The van der Waals surface area contributed by atoms with Crippen molar-refractivity contribution in [3.63, 3.8) is 0 Å². The molecule has 1 N–H and O–H groups in total. The Labute approximate surface area is 136 Å². The molecule has 2 rings (SSSR count). The van der Waals surface area contributed by atoms with E-state index in [-0.39, 0.29) is 5.91 Å². The highest BCUT2D eigenvalue weighted by molar-refractivity contribution is 5.92. The molecule has 0 bridgehead atoms. The van der Waals surface area contributed by atoms with Crippen molar-refractivity contribution in [3.05, 3.63) is 35.4 Å². The van der Waals surface area contributed by atoms with E-state index in [0.29, 0.717) is 24.1 Å². The van der Waals surface area contributed by atoms with Gasteiger partial charge in [0.15, 0.2) is 0 Å². The standard InChI is InChI=1S/C16H24N6O/c1-11(2)6-13-7-14(22(5)20-13)15(23)21(4)10-12-8-18-16(17-3)19-9-12/h7-9,11H,6,10H2,1-5H3,(H,17,18,19). The van der Waals surface area contributed by atoms with E-state index in [9.17, 15) is 4.79 Å². The second-order valence-electron chi connectivity index (χ2n) is 6.07. The number of anilines is 1. The molecule has 0 unspecified atom stereocenters. The number of aromatic nitrogens is 4. The summed E-state index contributed by atoms with van der Waals surface area (Å²) in [5, 5.41) is 7.29. The maximum Gasteiger partial charge on any atom is 0.272 e. The van der Waals surface area contributed by atoms with Crippen molar-refractivity contribution in [3.8, 4) is 0 Å². The third-order valence-corrected chi connectivity index (χ3v) is 3.46. The Kier molecular flexibility index (Phi) is 5.31. The lowest BCUT2D eigenvalue weighted by Gasteiger charge is -2.16. The molecule has 0 aliphatic carbocycles. The maximum absolute atomic E-state index is 12.6. The molecule has 23 heavy (non-hydrogen) atoms. The first-order valence-electron chi connectivity index (χ1n) is 7.67. The molecular weight excluding hydrogens is 292 g/mol. The summed E-state index contributed by atoms with van der Waals surface area (Å²) in [7, 11) is 5.33. The minimum absolute atomic E-state index is 0.0623. The fourth-order valence-corrected chi connectivity index (χ4v) is 2.35. The summed E-state index contributed by atoms with van der Waals surface area (Å²) in [6, 6.07) is 1.87. The fraction of sp³-hybridized carbons (Fsp3) is 0.500. The van der Waals surface area contributed by atoms with Gasteiger partial charge in [0, 0.05) is 45.6 Å². The molecular formula is C16H24N6O. The molecule has 7 nitrogen and oxygen atoms in total. The second-order valence-corrected chi connectivity index (χ2v) is 6.07. The predicted octanol–water partition coefficient (Wildman–Crippen LogP) is 1.72. The van der Waals surface area contributed by atoms with E-state index in [4.69, 9.17) is 0 Å². The van der Waals surface area contributed by atoms with Crippen LogP contribution in [0.15, 0.2) is 18.5 Å². The molecule has 2 heterocycles. The van der Waals surface area contributed by atoms with E-state index >= 15 is 0 Å². The molecule has 1 amide bonds. The van der Waals surface area contributed by atoms with Crippen molar-refractivity contribution in [1.82, 2.24) is 24.6 Å². The summed E-state index contributed by atoms with van der Waals surface area (Å²) >= 11 is 0. The van der Waals surface area contributed by atoms with Gasteiger partial charge in [0.1, 0.15) is 5.69 Å². The quantitative estimate of drug-likeness (QED) is 0.878. The van der Waals surface area contributed by atoms with Gasteiger partial charge in [-0.1, -0.05) is 13.8 Å². The highest BCUT2D eigenvalue weighted by atomic mass is 16.2. The van der Waals surface area contributed by atoms with Crippen LogP contribution in [0.5, 0.6) is 0 Å². The number of amides is 1. The lowest BCUT2D eigenvalue weighted by atomic mass is 10.1. The van der Waals surface area contributed by atoms with Gasteiger partial charge in [0.2, 0.25) is 5.95 Å². The van der Waals surface area contributed by atoms with Crippen molar-refractivity contribution in [2.24, 2.45) is 13.0 Å². The van der Waals surface area contributed by atoms with Crippen LogP contribution in [0.25, 0.3) is 0 Å². The van der Waals surface area contributed by atoms with Gasteiger partial charge in [-0.25, -0.2) is 9.97 Å². The smallest absolute Gasteiger partial charge is 0.272 e. The largest absolute Gasteiger partial charge is 0.357 e. The number of hydrogen-bond donors (Lipinski definition) is 1. The van der Waals surface area contributed by atoms with Gasteiger partial charge in [-0.05, 0) is 18.4 Å². The van der Waals surface area contributed by atoms with Crippen LogP contribution in [0, 0.1) is 5.92 Å². The van der Waals surface area contributed by atoms with E-state index in [1.165, 1.54) is 0 Å². The van der Waals surface area contributed by atoms with Gasteiger partial charge in [0.05, 0.1) is 5.69 Å².